The molecule has 1 N–H and O–H groups in total. The van der Waals surface area contributed by atoms with Crippen LogP contribution < -0.4 is 5.32 Å². The Hall–Kier alpha value is -2.15. The van der Waals surface area contributed by atoms with E-state index in [1.54, 1.807) is 0 Å². The summed E-state index contributed by atoms with van der Waals surface area (Å²) in [6.45, 7) is 3.43. The minimum absolute atomic E-state index is 0.000773. The number of nitrogens with zero attached hydrogens (tertiary/aromatic N) is 1. The van der Waals surface area contributed by atoms with Crippen molar-refractivity contribution < 1.29 is 19.2 Å². The summed E-state index contributed by atoms with van der Waals surface area (Å²) in [5, 5.41) is 13.2. The SMILES string of the molecule is CCC[C@@H](C)NC(=O)COC(=O)c1ccc([N+](=O)[O-])cc1Cl. The molecule has 1 aromatic carbocycles. The van der Waals surface area contributed by atoms with Crippen molar-refractivity contribution in [3.05, 3.63) is 38.9 Å². The highest BCUT2D eigenvalue weighted by molar-refractivity contribution is 6.33. The van der Waals surface area contributed by atoms with E-state index in [4.69, 9.17) is 16.3 Å². The molecule has 22 heavy (non-hydrogen) atoms. The third-order valence-corrected chi connectivity index (χ3v) is 3.16. The molecule has 1 rings (SSSR count). The van der Waals surface area contributed by atoms with Gasteiger partial charge < -0.3 is 10.1 Å². The molecule has 0 heterocycles. The van der Waals surface area contributed by atoms with Gasteiger partial charge in [-0.25, -0.2) is 4.79 Å². The predicted molar refractivity (Wildman–Crippen MR) is 80.9 cm³/mol. The molecule has 0 saturated heterocycles. The van der Waals surface area contributed by atoms with Gasteiger partial charge >= 0.3 is 5.97 Å². The van der Waals surface area contributed by atoms with Crippen molar-refractivity contribution >= 4 is 29.2 Å². The average molecular weight is 329 g/mol. The first-order valence-corrected chi connectivity index (χ1v) is 7.13. The van der Waals surface area contributed by atoms with Crippen molar-refractivity contribution in [3.8, 4) is 0 Å². The van der Waals surface area contributed by atoms with E-state index in [1.807, 2.05) is 13.8 Å². The maximum atomic E-state index is 11.8. The van der Waals surface area contributed by atoms with E-state index in [1.165, 1.54) is 6.07 Å². The van der Waals surface area contributed by atoms with Crippen LogP contribution in [0.3, 0.4) is 0 Å². The first-order valence-electron chi connectivity index (χ1n) is 6.75. The zero-order chi connectivity index (χ0) is 16.7. The summed E-state index contributed by atoms with van der Waals surface area (Å²) >= 11 is 5.80. The van der Waals surface area contributed by atoms with Crippen LogP contribution in [-0.4, -0.2) is 29.4 Å². The smallest absolute Gasteiger partial charge is 0.340 e. The third-order valence-electron chi connectivity index (χ3n) is 2.85. The summed E-state index contributed by atoms with van der Waals surface area (Å²) in [5.41, 5.74) is -0.255. The van der Waals surface area contributed by atoms with Crippen molar-refractivity contribution in [1.82, 2.24) is 5.32 Å². The molecule has 0 saturated carbocycles. The van der Waals surface area contributed by atoms with Gasteiger partial charge in [0.05, 0.1) is 15.5 Å². The van der Waals surface area contributed by atoms with Gasteiger partial charge in [-0.3, -0.25) is 14.9 Å². The van der Waals surface area contributed by atoms with E-state index in [0.29, 0.717) is 0 Å². The highest BCUT2D eigenvalue weighted by atomic mass is 35.5. The van der Waals surface area contributed by atoms with Crippen LogP contribution in [0.1, 0.15) is 37.0 Å². The topological polar surface area (TPSA) is 98.5 Å². The second-order valence-corrected chi connectivity index (χ2v) is 5.16. The van der Waals surface area contributed by atoms with Crippen molar-refractivity contribution in [1.29, 1.82) is 0 Å². The van der Waals surface area contributed by atoms with E-state index in [-0.39, 0.29) is 22.3 Å². The molecule has 8 heteroatoms. The van der Waals surface area contributed by atoms with Gasteiger partial charge in [0.25, 0.3) is 11.6 Å². The van der Waals surface area contributed by atoms with Gasteiger partial charge in [-0.05, 0) is 19.4 Å². The van der Waals surface area contributed by atoms with E-state index in [2.05, 4.69) is 5.32 Å². The van der Waals surface area contributed by atoms with Gasteiger partial charge in [0.1, 0.15) is 0 Å². The summed E-state index contributed by atoms with van der Waals surface area (Å²) in [5.74, 6) is -1.22. The Morgan fingerprint density at radius 1 is 1.45 bits per heavy atom. The first kappa shape index (κ1) is 17.9. The summed E-state index contributed by atoms with van der Waals surface area (Å²) < 4.78 is 4.84. The lowest BCUT2D eigenvalue weighted by Gasteiger charge is -2.12. The van der Waals surface area contributed by atoms with E-state index >= 15 is 0 Å². The van der Waals surface area contributed by atoms with Crippen LogP contribution in [0.2, 0.25) is 5.02 Å². The monoisotopic (exact) mass is 328 g/mol. The molecule has 0 spiro atoms. The number of carbonyl (C=O) groups excluding carboxylic acids is 2. The molecule has 0 aromatic heterocycles. The first-order chi connectivity index (χ1) is 10.3. The van der Waals surface area contributed by atoms with Gasteiger partial charge in [0.15, 0.2) is 6.61 Å². The predicted octanol–water partition coefficient (Wildman–Crippen LogP) is 2.71. The number of halogens is 1. The minimum Gasteiger partial charge on any atom is -0.452 e. The summed E-state index contributed by atoms with van der Waals surface area (Å²) in [6, 6.07) is 3.40. The summed E-state index contributed by atoms with van der Waals surface area (Å²) in [4.78, 5) is 33.3. The number of nitrogens with one attached hydrogen (secondary N) is 1. The highest BCUT2D eigenvalue weighted by Crippen LogP contribution is 2.23. The summed E-state index contributed by atoms with van der Waals surface area (Å²) in [7, 11) is 0. The summed E-state index contributed by atoms with van der Waals surface area (Å²) in [6.07, 6.45) is 1.76. The number of carbonyl (C=O) groups is 2. The van der Waals surface area contributed by atoms with Crippen LogP contribution in [0.5, 0.6) is 0 Å². The zero-order valence-electron chi connectivity index (χ0n) is 12.3. The molecule has 1 atom stereocenters. The number of ether oxygens (including phenoxy) is 1. The van der Waals surface area contributed by atoms with Crippen LogP contribution in [0.4, 0.5) is 5.69 Å². The quantitative estimate of drug-likeness (QED) is 0.471. The number of amides is 1. The van der Waals surface area contributed by atoms with Crippen LogP contribution in [0, 0.1) is 10.1 Å². The highest BCUT2D eigenvalue weighted by Gasteiger charge is 2.17. The fraction of sp³-hybridized carbons (Fsp3) is 0.429. The number of non-ortho nitro benzene ring substituents is 1. The molecule has 0 unspecified atom stereocenters. The number of nitro benzene ring substituents is 1. The fourth-order valence-electron chi connectivity index (χ4n) is 1.81. The van der Waals surface area contributed by atoms with Gasteiger partial charge in [-0.1, -0.05) is 24.9 Å². The molecule has 0 aliphatic carbocycles. The Morgan fingerprint density at radius 3 is 2.68 bits per heavy atom. The number of esters is 1. The number of hydrogen-bond donors (Lipinski definition) is 1. The largest absolute Gasteiger partial charge is 0.452 e. The molecule has 0 aliphatic heterocycles. The molecule has 0 aliphatic rings. The Kier molecular flexibility index (Phi) is 6.78. The molecular weight excluding hydrogens is 312 g/mol. The number of rotatable bonds is 7. The standard InChI is InChI=1S/C14H17ClN2O5/c1-3-4-9(2)16-13(18)8-22-14(19)11-6-5-10(17(20)21)7-12(11)15/h5-7,9H,3-4,8H2,1-2H3,(H,16,18)/t9-/m1/s1. The zero-order valence-corrected chi connectivity index (χ0v) is 13.1. The van der Waals surface area contributed by atoms with Crippen molar-refractivity contribution in [2.75, 3.05) is 6.61 Å². The number of hydrogen-bond acceptors (Lipinski definition) is 5. The second-order valence-electron chi connectivity index (χ2n) is 4.75. The second kappa shape index (κ2) is 8.33. The minimum atomic E-state index is -0.807. The molecule has 0 fully saturated rings. The lowest BCUT2D eigenvalue weighted by molar-refractivity contribution is -0.384. The Labute approximate surface area is 132 Å². The Bertz CT molecular complexity index is 576. The lowest BCUT2D eigenvalue weighted by atomic mass is 10.2. The molecule has 1 amide bonds. The van der Waals surface area contributed by atoms with Crippen LogP contribution >= 0.6 is 11.6 Å². The molecule has 1 aromatic rings. The fourth-order valence-corrected chi connectivity index (χ4v) is 2.07. The van der Waals surface area contributed by atoms with Gasteiger partial charge in [0, 0.05) is 18.2 Å². The van der Waals surface area contributed by atoms with E-state index in [0.717, 1.165) is 25.0 Å². The molecule has 7 nitrogen and oxygen atoms in total. The number of benzene rings is 1. The lowest BCUT2D eigenvalue weighted by Crippen LogP contribution is -2.35. The van der Waals surface area contributed by atoms with Crippen LogP contribution in [-0.2, 0) is 9.53 Å². The molecular formula is C14H17ClN2O5. The van der Waals surface area contributed by atoms with Gasteiger partial charge in [-0.2, -0.15) is 0 Å². The molecule has 0 radical (unpaired) electrons. The van der Waals surface area contributed by atoms with Crippen molar-refractivity contribution in [3.63, 3.8) is 0 Å². The average Bonchev–Trinajstić information content (AvgIpc) is 2.44. The van der Waals surface area contributed by atoms with Crippen LogP contribution in [0.15, 0.2) is 18.2 Å². The maximum Gasteiger partial charge on any atom is 0.340 e. The van der Waals surface area contributed by atoms with E-state index < -0.39 is 23.4 Å². The van der Waals surface area contributed by atoms with Crippen molar-refractivity contribution in [2.24, 2.45) is 0 Å². The van der Waals surface area contributed by atoms with Gasteiger partial charge in [0.2, 0.25) is 0 Å². The Balaban J connectivity index is 2.59. The maximum absolute atomic E-state index is 11.8. The van der Waals surface area contributed by atoms with E-state index in [9.17, 15) is 19.7 Å². The Morgan fingerprint density at radius 2 is 2.14 bits per heavy atom. The van der Waals surface area contributed by atoms with Crippen molar-refractivity contribution in [2.45, 2.75) is 32.7 Å². The third kappa shape index (κ3) is 5.33. The number of nitro groups is 1. The van der Waals surface area contributed by atoms with Gasteiger partial charge in [-0.15, -0.1) is 0 Å². The molecule has 120 valence electrons. The van der Waals surface area contributed by atoms with Crippen LogP contribution in [0.25, 0.3) is 0 Å². The molecule has 0 bridgehead atoms. The normalized spacial score (nSPS) is 11.6.